The standard InChI is InChI=1S/C8H15N3/c1-3-4-5-7-6(2)8(9)11-10-7/h3-5H2,1-2H3,(H3,9,10,11). The summed E-state index contributed by atoms with van der Waals surface area (Å²) < 4.78 is 0. The first-order valence-electron chi connectivity index (χ1n) is 4.05. The van der Waals surface area contributed by atoms with Gasteiger partial charge < -0.3 is 5.73 Å². The highest BCUT2D eigenvalue weighted by Crippen LogP contribution is 2.13. The van der Waals surface area contributed by atoms with E-state index in [1.165, 1.54) is 12.8 Å². The van der Waals surface area contributed by atoms with Crippen molar-refractivity contribution < 1.29 is 0 Å². The van der Waals surface area contributed by atoms with E-state index in [-0.39, 0.29) is 0 Å². The van der Waals surface area contributed by atoms with Crippen LogP contribution in [0.2, 0.25) is 0 Å². The van der Waals surface area contributed by atoms with Gasteiger partial charge in [0.25, 0.3) is 0 Å². The van der Waals surface area contributed by atoms with E-state index < -0.39 is 0 Å². The molecule has 0 fully saturated rings. The number of anilines is 1. The lowest BCUT2D eigenvalue weighted by molar-refractivity contribution is 0.768. The fourth-order valence-electron chi connectivity index (χ4n) is 1.04. The molecule has 3 N–H and O–H groups in total. The quantitative estimate of drug-likeness (QED) is 0.693. The Morgan fingerprint density at radius 2 is 2.27 bits per heavy atom. The van der Waals surface area contributed by atoms with E-state index in [0.717, 1.165) is 17.7 Å². The Bertz CT molecular complexity index is 227. The van der Waals surface area contributed by atoms with Crippen molar-refractivity contribution in [2.24, 2.45) is 0 Å². The van der Waals surface area contributed by atoms with E-state index in [0.29, 0.717) is 5.82 Å². The molecular weight excluding hydrogens is 138 g/mol. The normalized spacial score (nSPS) is 10.4. The van der Waals surface area contributed by atoms with Crippen LogP contribution in [0.4, 0.5) is 5.82 Å². The molecule has 0 saturated heterocycles. The first-order valence-corrected chi connectivity index (χ1v) is 4.05. The van der Waals surface area contributed by atoms with Crippen LogP contribution in [0.1, 0.15) is 31.0 Å². The Labute approximate surface area is 67.0 Å². The van der Waals surface area contributed by atoms with Crippen molar-refractivity contribution in [1.29, 1.82) is 0 Å². The topological polar surface area (TPSA) is 54.7 Å². The summed E-state index contributed by atoms with van der Waals surface area (Å²) in [4.78, 5) is 0. The zero-order valence-electron chi connectivity index (χ0n) is 7.15. The first-order chi connectivity index (χ1) is 5.25. The molecule has 3 nitrogen and oxygen atoms in total. The van der Waals surface area contributed by atoms with Crippen LogP contribution in [0, 0.1) is 6.92 Å². The van der Waals surface area contributed by atoms with E-state index in [9.17, 15) is 0 Å². The summed E-state index contributed by atoms with van der Waals surface area (Å²) in [7, 11) is 0. The van der Waals surface area contributed by atoms with Gasteiger partial charge in [-0.25, -0.2) is 0 Å². The molecule has 0 atom stereocenters. The second-order valence-electron chi connectivity index (χ2n) is 2.81. The van der Waals surface area contributed by atoms with Crippen LogP contribution in [0.5, 0.6) is 0 Å². The molecule has 0 spiro atoms. The average molecular weight is 153 g/mol. The summed E-state index contributed by atoms with van der Waals surface area (Å²) in [5.41, 5.74) is 7.82. The van der Waals surface area contributed by atoms with Crippen LogP contribution in [-0.4, -0.2) is 10.2 Å². The summed E-state index contributed by atoms with van der Waals surface area (Å²) in [6, 6.07) is 0. The summed E-state index contributed by atoms with van der Waals surface area (Å²) in [5, 5.41) is 6.88. The molecule has 1 heterocycles. The van der Waals surface area contributed by atoms with Crippen molar-refractivity contribution in [2.75, 3.05) is 5.73 Å². The number of rotatable bonds is 3. The van der Waals surface area contributed by atoms with Gasteiger partial charge in [-0.05, 0) is 19.8 Å². The second-order valence-corrected chi connectivity index (χ2v) is 2.81. The molecule has 1 rings (SSSR count). The molecule has 0 aliphatic heterocycles. The summed E-state index contributed by atoms with van der Waals surface area (Å²) in [6.07, 6.45) is 3.42. The fourth-order valence-corrected chi connectivity index (χ4v) is 1.04. The van der Waals surface area contributed by atoms with Gasteiger partial charge in [-0.3, -0.25) is 5.10 Å². The number of H-pyrrole nitrogens is 1. The number of nitrogens with zero attached hydrogens (tertiary/aromatic N) is 1. The third-order valence-electron chi connectivity index (χ3n) is 1.92. The minimum Gasteiger partial charge on any atom is -0.384 e. The molecule has 0 unspecified atom stereocenters. The summed E-state index contributed by atoms with van der Waals surface area (Å²) in [5.74, 6) is 0.705. The number of nitrogens with two attached hydrogens (primary N) is 1. The largest absolute Gasteiger partial charge is 0.384 e. The molecule has 1 aromatic rings. The van der Waals surface area contributed by atoms with Gasteiger partial charge in [-0.2, -0.15) is 5.10 Å². The minimum absolute atomic E-state index is 0.705. The van der Waals surface area contributed by atoms with Gasteiger partial charge >= 0.3 is 0 Å². The number of aromatic nitrogens is 2. The van der Waals surface area contributed by atoms with Crippen molar-refractivity contribution in [3.8, 4) is 0 Å². The van der Waals surface area contributed by atoms with Crippen molar-refractivity contribution in [1.82, 2.24) is 10.2 Å². The maximum absolute atomic E-state index is 5.59. The van der Waals surface area contributed by atoms with E-state index in [1.807, 2.05) is 6.92 Å². The highest BCUT2D eigenvalue weighted by Gasteiger charge is 2.03. The summed E-state index contributed by atoms with van der Waals surface area (Å²) >= 11 is 0. The van der Waals surface area contributed by atoms with Gasteiger partial charge in [-0.1, -0.05) is 13.3 Å². The molecule has 0 aromatic carbocycles. The Kier molecular flexibility index (Phi) is 2.52. The maximum Gasteiger partial charge on any atom is 0.122 e. The highest BCUT2D eigenvalue weighted by molar-refractivity contribution is 5.40. The molecule has 11 heavy (non-hydrogen) atoms. The zero-order chi connectivity index (χ0) is 8.27. The highest BCUT2D eigenvalue weighted by atomic mass is 15.2. The lowest BCUT2D eigenvalue weighted by Gasteiger charge is -1.94. The van der Waals surface area contributed by atoms with Crippen molar-refractivity contribution >= 4 is 5.82 Å². The number of hydrogen-bond acceptors (Lipinski definition) is 2. The number of nitrogen functional groups attached to an aromatic ring is 1. The van der Waals surface area contributed by atoms with E-state index in [4.69, 9.17) is 5.73 Å². The predicted octanol–water partition coefficient (Wildman–Crippen LogP) is 1.64. The van der Waals surface area contributed by atoms with Crippen molar-refractivity contribution in [2.45, 2.75) is 33.1 Å². The SMILES string of the molecule is CCCCc1n[nH]c(N)c1C. The van der Waals surface area contributed by atoms with Gasteiger partial charge in [0.05, 0.1) is 5.69 Å². The van der Waals surface area contributed by atoms with Gasteiger partial charge in [0.1, 0.15) is 5.82 Å². The van der Waals surface area contributed by atoms with Crippen LogP contribution >= 0.6 is 0 Å². The lowest BCUT2D eigenvalue weighted by Crippen LogP contribution is -1.89. The number of aryl methyl sites for hydroxylation is 1. The van der Waals surface area contributed by atoms with Crippen molar-refractivity contribution in [3.63, 3.8) is 0 Å². The zero-order valence-corrected chi connectivity index (χ0v) is 7.15. The van der Waals surface area contributed by atoms with Gasteiger partial charge in [0, 0.05) is 5.56 Å². The van der Waals surface area contributed by atoms with Crippen molar-refractivity contribution in [3.05, 3.63) is 11.3 Å². The predicted molar refractivity (Wildman–Crippen MR) is 46.3 cm³/mol. The average Bonchev–Trinajstić information content (AvgIpc) is 2.31. The molecule has 0 amide bonds. The molecule has 0 bridgehead atoms. The molecular formula is C8H15N3. The van der Waals surface area contributed by atoms with E-state index >= 15 is 0 Å². The van der Waals surface area contributed by atoms with Gasteiger partial charge in [-0.15, -0.1) is 0 Å². The Hall–Kier alpha value is -0.990. The minimum atomic E-state index is 0.705. The molecule has 0 aliphatic carbocycles. The van der Waals surface area contributed by atoms with E-state index in [2.05, 4.69) is 17.1 Å². The number of nitrogens with one attached hydrogen (secondary N) is 1. The van der Waals surface area contributed by atoms with Crippen LogP contribution in [0.25, 0.3) is 0 Å². The van der Waals surface area contributed by atoms with Crippen LogP contribution < -0.4 is 5.73 Å². The molecule has 0 radical (unpaired) electrons. The van der Waals surface area contributed by atoms with Crippen LogP contribution in [0.3, 0.4) is 0 Å². The van der Waals surface area contributed by atoms with Crippen LogP contribution in [0.15, 0.2) is 0 Å². The molecule has 62 valence electrons. The Morgan fingerprint density at radius 3 is 2.73 bits per heavy atom. The third-order valence-corrected chi connectivity index (χ3v) is 1.92. The number of unbranched alkanes of at least 4 members (excludes halogenated alkanes) is 1. The molecule has 3 heteroatoms. The first kappa shape index (κ1) is 8.11. The molecule has 1 aromatic heterocycles. The van der Waals surface area contributed by atoms with Gasteiger partial charge in [0.2, 0.25) is 0 Å². The maximum atomic E-state index is 5.59. The molecule has 0 aliphatic rings. The Balaban J connectivity index is 2.63. The second kappa shape index (κ2) is 3.42. The van der Waals surface area contributed by atoms with Gasteiger partial charge in [0.15, 0.2) is 0 Å². The fraction of sp³-hybridized carbons (Fsp3) is 0.625. The smallest absolute Gasteiger partial charge is 0.122 e. The van der Waals surface area contributed by atoms with Crippen LogP contribution in [-0.2, 0) is 6.42 Å². The summed E-state index contributed by atoms with van der Waals surface area (Å²) in [6.45, 7) is 4.18. The number of aromatic amines is 1. The number of hydrogen-bond donors (Lipinski definition) is 2. The molecule has 0 saturated carbocycles. The lowest BCUT2D eigenvalue weighted by atomic mass is 10.1. The Morgan fingerprint density at radius 1 is 1.55 bits per heavy atom. The van der Waals surface area contributed by atoms with E-state index in [1.54, 1.807) is 0 Å². The third kappa shape index (κ3) is 1.73. The monoisotopic (exact) mass is 153 g/mol.